The maximum Gasteiger partial charge on any atom is 0.237 e. The topological polar surface area (TPSA) is 49.4 Å². The Labute approximate surface area is 169 Å². The number of aryl methyl sites for hydroxylation is 1. The molecule has 29 heavy (non-hydrogen) atoms. The third kappa shape index (κ3) is 5.26. The van der Waals surface area contributed by atoms with Crippen molar-refractivity contribution in [3.05, 3.63) is 70.8 Å². The van der Waals surface area contributed by atoms with Gasteiger partial charge in [-0.2, -0.15) is 0 Å². The van der Waals surface area contributed by atoms with E-state index < -0.39 is 11.6 Å². The Morgan fingerprint density at radius 3 is 2.41 bits per heavy atom. The maximum absolute atomic E-state index is 13.9. The van der Waals surface area contributed by atoms with Crippen LogP contribution in [0, 0.1) is 24.5 Å². The van der Waals surface area contributed by atoms with Gasteiger partial charge < -0.3 is 5.32 Å². The molecule has 2 aromatic rings. The van der Waals surface area contributed by atoms with Crippen molar-refractivity contribution >= 4 is 11.7 Å². The Balaban J connectivity index is 1.51. The Morgan fingerprint density at radius 2 is 1.76 bits per heavy atom. The molecule has 2 aromatic carbocycles. The number of piperidine rings is 1. The number of carbonyl (C=O) groups is 2. The Hall–Kier alpha value is -2.60. The molecule has 1 aliphatic rings. The first-order valence-corrected chi connectivity index (χ1v) is 9.91. The van der Waals surface area contributed by atoms with Gasteiger partial charge >= 0.3 is 0 Å². The summed E-state index contributed by atoms with van der Waals surface area (Å²) in [7, 11) is 0. The largest absolute Gasteiger partial charge is 0.351 e. The van der Waals surface area contributed by atoms with E-state index in [0.717, 1.165) is 23.8 Å². The molecule has 1 aliphatic heterocycles. The molecule has 1 fully saturated rings. The predicted octanol–water partition coefficient (Wildman–Crippen LogP) is 3.87. The second-order valence-electron chi connectivity index (χ2n) is 7.68. The number of Topliss-reactive ketones (excluding diaryl/α,β-unsaturated/α-hetero) is 1. The molecule has 0 bridgehead atoms. The SMILES string of the molecule is Cc1ccc(CNC(=O)C(C)N2CCC(C(=O)c3cc(F)ccc3F)CC2)cc1. The van der Waals surface area contributed by atoms with Crippen LogP contribution in [-0.4, -0.2) is 35.7 Å². The first kappa shape index (κ1) is 21.1. The molecule has 0 aliphatic carbocycles. The lowest BCUT2D eigenvalue weighted by atomic mass is 9.88. The highest BCUT2D eigenvalue weighted by Crippen LogP contribution is 2.24. The number of likely N-dealkylation sites (tertiary alicyclic amines) is 1. The first-order chi connectivity index (χ1) is 13.8. The highest BCUT2D eigenvalue weighted by atomic mass is 19.1. The highest BCUT2D eigenvalue weighted by molar-refractivity contribution is 5.98. The molecule has 0 aromatic heterocycles. The van der Waals surface area contributed by atoms with Gasteiger partial charge in [0.05, 0.1) is 11.6 Å². The normalized spacial score (nSPS) is 16.4. The molecule has 0 saturated carbocycles. The third-order valence-electron chi connectivity index (χ3n) is 5.61. The van der Waals surface area contributed by atoms with Crippen molar-refractivity contribution in [2.45, 2.75) is 39.3 Å². The molecular weight excluding hydrogens is 374 g/mol. The summed E-state index contributed by atoms with van der Waals surface area (Å²) < 4.78 is 27.3. The van der Waals surface area contributed by atoms with E-state index in [2.05, 4.69) is 5.32 Å². The van der Waals surface area contributed by atoms with Crippen molar-refractivity contribution in [1.29, 1.82) is 0 Å². The predicted molar refractivity (Wildman–Crippen MR) is 107 cm³/mol. The van der Waals surface area contributed by atoms with Crippen LogP contribution in [-0.2, 0) is 11.3 Å². The second kappa shape index (κ2) is 9.27. The van der Waals surface area contributed by atoms with Crippen molar-refractivity contribution in [3.63, 3.8) is 0 Å². The molecule has 4 nitrogen and oxygen atoms in total. The minimum atomic E-state index is -0.692. The Bertz CT molecular complexity index is 875. The monoisotopic (exact) mass is 400 g/mol. The van der Waals surface area contributed by atoms with E-state index in [9.17, 15) is 18.4 Å². The van der Waals surface area contributed by atoms with Gasteiger partial charge in [0, 0.05) is 12.5 Å². The van der Waals surface area contributed by atoms with Gasteiger partial charge in [0.15, 0.2) is 5.78 Å². The molecule has 0 spiro atoms. The minimum absolute atomic E-state index is 0.0634. The van der Waals surface area contributed by atoms with Gasteiger partial charge in [-0.25, -0.2) is 8.78 Å². The summed E-state index contributed by atoms with van der Waals surface area (Å²) in [6.45, 7) is 5.45. The van der Waals surface area contributed by atoms with Crippen LogP contribution in [0.1, 0.15) is 41.3 Å². The van der Waals surface area contributed by atoms with Crippen molar-refractivity contribution in [1.82, 2.24) is 10.2 Å². The summed E-state index contributed by atoms with van der Waals surface area (Å²) in [5.74, 6) is -2.09. The molecular formula is C23H26F2N2O2. The minimum Gasteiger partial charge on any atom is -0.351 e. The van der Waals surface area contributed by atoms with Gasteiger partial charge in [0.2, 0.25) is 5.91 Å². The van der Waals surface area contributed by atoms with Crippen molar-refractivity contribution in [2.24, 2.45) is 5.92 Å². The number of ketones is 1. The molecule has 1 unspecified atom stereocenters. The molecule has 0 radical (unpaired) electrons. The maximum atomic E-state index is 13.9. The van der Waals surface area contributed by atoms with E-state index in [1.807, 2.05) is 43.0 Å². The first-order valence-electron chi connectivity index (χ1n) is 9.91. The molecule has 1 heterocycles. The van der Waals surface area contributed by atoms with Crippen LogP contribution in [0.15, 0.2) is 42.5 Å². The number of nitrogens with one attached hydrogen (secondary N) is 1. The third-order valence-corrected chi connectivity index (χ3v) is 5.61. The van der Waals surface area contributed by atoms with Crippen molar-refractivity contribution < 1.29 is 18.4 Å². The lowest BCUT2D eigenvalue weighted by Crippen LogP contribution is -2.48. The van der Waals surface area contributed by atoms with E-state index in [4.69, 9.17) is 0 Å². The molecule has 1 N–H and O–H groups in total. The number of hydrogen-bond acceptors (Lipinski definition) is 3. The molecule has 1 atom stereocenters. The number of nitrogens with zero attached hydrogens (tertiary/aromatic N) is 1. The van der Waals surface area contributed by atoms with Crippen LogP contribution in [0.4, 0.5) is 8.78 Å². The van der Waals surface area contributed by atoms with Crippen LogP contribution >= 0.6 is 0 Å². The van der Waals surface area contributed by atoms with Crippen molar-refractivity contribution in [3.8, 4) is 0 Å². The van der Waals surface area contributed by atoms with Crippen LogP contribution in [0.5, 0.6) is 0 Å². The molecule has 3 rings (SSSR count). The van der Waals surface area contributed by atoms with Crippen LogP contribution in [0.25, 0.3) is 0 Å². The van der Waals surface area contributed by atoms with Crippen molar-refractivity contribution in [2.75, 3.05) is 13.1 Å². The fraction of sp³-hybridized carbons (Fsp3) is 0.391. The summed E-state index contributed by atoms with van der Waals surface area (Å²) >= 11 is 0. The molecule has 1 amide bonds. The summed E-state index contributed by atoms with van der Waals surface area (Å²) in [5.41, 5.74) is 2.02. The fourth-order valence-electron chi connectivity index (χ4n) is 3.66. The van der Waals surface area contributed by atoms with Gasteiger partial charge in [0.1, 0.15) is 11.6 Å². The van der Waals surface area contributed by atoms with Gasteiger partial charge in [-0.3, -0.25) is 14.5 Å². The van der Waals surface area contributed by atoms with E-state index in [-0.39, 0.29) is 29.2 Å². The summed E-state index contributed by atoms with van der Waals surface area (Å²) in [4.78, 5) is 27.1. The molecule has 6 heteroatoms. The zero-order valence-corrected chi connectivity index (χ0v) is 16.8. The van der Waals surface area contributed by atoms with E-state index in [0.29, 0.717) is 32.5 Å². The van der Waals surface area contributed by atoms with Gasteiger partial charge in [0.25, 0.3) is 0 Å². The summed E-state index contributed by atoms with van der Waals surface area (Å²) in [6.07, 6.45) is 1.04. The van der Waals surface area contributed by atoms with Crippen LogP contribution in [0.2, 0.25) is 0 Å². The lowest BCUT2D eigenvalue weighted by Gasteiger charge is -2.34. The standard InChI is InChI=1S/C23H26F2N2O2/c1-15-3-5-17(6-4-15)14-26-23(29)16(2)27-11-9-18(10-12-27)22(28)20-13-19(24)7-8-21(20)25/h3-8,13,16,18H,9-12,14H2,1-2H3,(H,26,29). The summed E-state index contributed by atoms with van der Waals surface area (Å²) in [5, 5.41) is 2.95. The zero-order chi connectivity index (χ0) is 21.0. The molecule has 154 valence electrons. The Kier molecular flexibility index (Phi) is 6.75. The fourth-order valence-corrected chi connectivity index (χ4v) is 3.66. The number of carbonyl (C=O) groups excluding carboxylic acids is 2. The quantitative estimate of drug-likeness (QED) is 0.749. The lowest BCUT2D eigenvalue weighted by molar-refractivity contribution is -0.126. The van der Waals surface area contributed by atoms with Gasteiger partial charge in [-0.05, 0) is 63.5 Å². The van der Waals surface area contributed by atoms with Crippen LogP contribution < -0.4 is 5.32 Å². The van der Waals surface area contributed by atoms with Gasteiger partial charge in [-0.1, -0.05) is 29.8 Å². The number of halogens is 2. The average molecular weight is 400 g/mol. The number of amides is 1. The van der Waals surface area contributed by atoms with E-state index in [1.54, 1.807) is 0 Å². The van der Waals surface area contributed by atoms with Gasteiger partial charge in [-0.15, -0.1) is 0 Å². The van der Waals surface area contributed by atoms with Crippen LogP contribution in [0.3, 0.4) is 0 Å². The summed E-state index contributed by atoms with van der Waals surface area (Å²) in [6, 6.07) is 10.6. The smallest absolute Gasteiger partial charge is 0.237 e. The number of benzene rings is 2. The zero-order valence-electron chi connectivity index (χ0n) is 16.8. The number of rotatable bonds is 6. The van der Waals surface area contributed by atoms with E-state index in [1.165, 1.54) is 5.56 Å². The number of hydrogen-bond donors (Lipinski definition) is 1. The molecule has 1 saturated heterocycles. The van der Waals surface area contributed by atoms with E-state index >= 15 is 0 Å². The average Bonchev–Trinajstić information content (AvgIpc) is 2.74. The Morgan fingerprint density at radius 1 is 1.10 bits per heavy atom. The second-order valence-corrected chi connectivity index (χ2v) is 7.68. The highest BCUT2D eigenvalue weighted by Gasteiger charge is 2.31.